The highest BCUT2D eigenvalue weighted by Gasteiger charge is 2.36. The summed E-state index contributed by atoms with van der Waals surface area (Å²) in [7, 11) is 0. The maximum absolute atomic E-state index is 10.4. The van der Waals surface area contributed by atoms with Gasteiger partial charge in [0.25, 0.3) is 0 Å². The molecular formula is C9H11BrN2O2S. The summed E-state index contributed by atoms with van der Waals surface area (Å²) in [6.07, 6.45) is 4.11. The fourth-order valence-corrected chi connectivity index (χ4v) is 3.09. The van der Waals surface area contributed by atoms with Gasteiger partial charge in [0.15, 0.2) is 0 Å². The molecule has 1 saturated carbocycles. The number of aromatic nitrogens is 1. The van der Waals surface area contributed by atoms with Crippen LogP contribution >= 0.6 is 27.3 Å². The molecule has 0 saturated heterocycles. The van der Waals surface area contributed by atoms with Gasteiger partial charge in [-0.3, -0.25) is 0 Å². The van der Waals surface area contributed by atoms with Gasteiger partial charge in [-0.15, -0.1) is 11.3 Å². The molecule has 1 aliphatic carbocycles. The minimum Gasteiger partial charge on any atom is -0.411 e. The van der Waals surface area contributed by atoms with Crippen molar-refractivity contribution in [2.24, 2.45) is 5.16 Å². The Hall–Kier alpha value is -0.460. The fraction of sp³-hybridized carbons (Fsp3) is 0.556. The summed E-state index contributed by atoms with van der Waals surface area (Å²) in [5.41, 5.74) is -0.0829. The highest BCUT2D eigenvalue weighted by molar-refractivity contribution is 9.11. The number of oxime groups is 1. The molecule has 1 aromatic heterocycles. The maximum Gasteiger partial charge on any atom is 0.125 e. The molecule has 82 valence electrons. The number of nitrogens with zero attached hydrogens (tertiary/aromatic N) is 2. The Morgan fingerprint density at radius 1 is 1.47 bits per heavy atom. The molecule has 0 atom stereocenters. The van der Waals surface area contributed by atoms with E-state index >= 15 is 0 Å². The number of hydrogen-bond donors (Lipinski definition) is 2. The van der Waals surface area contributed by atoms with E-state index in [9.17, 15) is 5.11 Å². The highest BCUT2D eigenvalue weighted by atomic mass is 79.9. The van der Waals surface area contributed by atoms with Crippen LogP contribution in [0.3, 0.4) is 0 Å². The van der Waals surface area contributed by atoms with E-state index in [0.29, 0.717) is 25.7 Å². The van der Waals surface area contributed by atoms with Crippen LogP contribution in [0.4, 0.5) is 0 Å². The van der Waals surface area contributed by atoms with Crippen molar-refractivity contribution in [1.82, 2.24) is 4.98 Å². The Labute approximate surface area is 99.8 Å². The third kappa shape index (κ3) is 2.21. The lowest BCUT2D eigenvalue weighted by atomic mass is 9.84. The highest BCUT2D eigenvalue weighted by Crippen LogP contribution is 2.38. The smallest absolute Gasteiger partial charge is 0.125 e. The van der Waals surface area contributed by atoms with Gasteiger partial charge in [-0.25, -0.2) is 4.98 Å². The van der Waals surface area contributed by atoms with E-state index < -0.39 is 5.60 Å². The molecule has 15 heavy (non-hydrogen) atoms. The lowest BCUT2D eigenvalue weighted by molar-refractivity contribution is 0.0154. The Morgan fingerprint density at radius 2 is 2.13 bits per heavy atom. The van der Waals surface area contributed by atoms with Crippen LogP contribution < -0.4 is 0 Å². The number of halogens is 1. The van der Waals surface area contributed by atoms with Gasteiger partial charge < -0.3 is 10.3 Å². The second-order valence-electron chi connectivity index (χ2n) is 3.67. The van der Waals surface area contributed by atoms with Crippen LogP contribution in [0.2, 0.25) is 0 Å². The molecule has 1 heterocycles. The summed E-state index contributed by atoms with van der Waals surface area (Å²) in [5.74, 6) is 0. The summed E-state index contributed by atoms with van der Waals surface area (Å²) in [6.45, 7) is 0. The predicted molar refractivity (Wildman–Crippen MR) is 61.4 cm³/mol. The van der Waals surface area contributed by atoms with E-state index in [1.54, 1.807) is 6.20 Å². The minimum absolute atomic E-state index is 0.576. The predicted octanol–water partition coefficient (Wildman–Crippen LogP) is 2.50. The Kier molecular flexibility index (Phi) is 3.08. The van der Waals surface area contributed by atoms with Crippen molar-refractivity contribution in [2.75, 3.05) is 0 Å². The standard InChI is InChI=1S/C9H11BrN2O2S/c10-7-5-11-8(15-7)9(13)3-1-6(12-14)2-4-9/h5,13-14H,1-4H2. The second-order valence-corrected chi connectivity index (χ2v) is 6.08. The van der Waals surface area contributed by atoms with Gasteiger partial charge in [-0.05, 0) is 41.6 Å². The molecule has 0 bridgehead atoms. The summed E-state index contributed by atoms with van der Waals surface area (Å²) >= 11 is 4.78. The molecule has 1 fully saturated rings. The number of aliphatic hydroxyl groups is 1. The van der Waals surface area contributed by atoms with Crippen molar-refractivity contribution in [2.45, 2.75) is 31.3 Å². The van der Waals surface area contributed by atoms with Gasteiger partial charge in [0.2, 0.25) is 0 Å². The van der Waals surface area contributed by atoms with Gasteiger partial charge in [-0.1, -0.05) is 5.16 Å². The van der Waals surface area contributed by atoms with E-state index in [0.717, 1.165) is 14.5 Å². The first-order chi connectivity index (χ1) is 7.14. The molecule has 0 aromatic carbocycles. The van der Waals surface area contributed by atoms with E-state index in [4.69, 9.17) is 5.21 Å². The van der Waals surface area contributed by atoms with Crippen LogP contribution in [0, 0.1) is 0 Å². The van der Waals surface area contributed by atoms with Crippen molar-refractivity contribution < 1.29 is 10.3 Å². The average molecular weight is 291 g/mol. The lowest BCUT2D eigenvalue weighted by Crippen LogP contribution is -2.31. The van der Waals surface area contributed by atoms with E-state index in [2.05, 4.69) is 26.1 Å². The molecule has 0 aliphatic heterocycles. The zero-order valence-corrected chi connectivity index (χ0v) is 10.4. The molecule has 2 rings (SSSR count). The van der Waals surface area contributed by atoms with E-state index in [1.807, 2.05) is 0 Å². The topological polar surface area (TPSA) is 65.7 Å². The van der Waals surface area contributed by atoms with E-state index in [-0.39, 0.29) is 0 Å². The molecule has 0 unspecified atom stereocenters. The maximum atomic E-state index is 10.4. The Balaban J connectivity index is 2.16. The van der Waals surface area contributed by atoms with Gasteiger partial charge in [0.1, 0.15) is 10.6 Å². The van der Waals surface area contributed by atoms with Crippen LogP contribution in [0.25, 0.3) is 0 Å². The molecule has 0 radical (unpaired) electrons. The average Bonchev–Trinajstić information content (AvgIpc) is 2.67. The first-order valence-electron chi connectivity index (χ1n) is 4.68. The molecule has 0 spiro atoms. The van der Waals surface area contributed by atoms with Crippen molar-refractivity contribution in [1.29, 1.82) is 0 Å². The van der Waals surface area contributed by atoms with Crippen molar-refractivity contribution in [3.05, 3.63) is 15.0 Å². The molecule has 2 N–H and O–H groups in total. The van der Waals surface area contributed by atoms with Crippen LogP contribution in [-0.2, 0) is 5.60 Å². The van der Waals surface area contributed by atoms with Crippen molar-refractivity contribution >= 4 is 33.0 Å². The molecule has 6 heteroatoms. The van der Waals surface area contributed by atoms with Crippen LogP contribution in [-0.4, -0.2) is 21.0 Å². The Morgan fingerprint density at radius 3 is 2.60 bits per heavy atom. The van der Waals surface area contributed by atoms with E-state index in [1.165, 1.54) is 11.3 Å². The molecule has 1 aromatic rings. The fourth-order valence-electron chi connectivity index (χ4n) is 1.74. The summed E-state index contributed by atoms with van der Waals surface area (Å²) in [5, 5.41) is 22.9. The van der Waals surface area contributed by atoms with Crippen molar-refractivity contribution in [3.8, 4) is 0 Å². The third-order valence-corrected chi connectivity index (χ3v) is 4.34. The molecule has 4 nitrogen and oxygen atoms in total. The zero-order valence-electron chi connectivity index (χ0n) is 7.98. The van der Waals surface area contributed by atoms with Gasteiger partial charge in [-0.2, -0.15) is 0 Å². The van der Waals surface area contributed by atoms with Gasteiger partial charge in [0.05, 0.1) is 15.7 Å². The number of rotatable bonds is 1. The van der Waals surface area contributed by atoms with Gasteiger partial charge in [0, 0.05) is 0 Å². The minimum atomic E-state index is -0.842. The zero-order chi connectivity index (χ0) is 10.9. The van der Waals surface area contributed by atoms with Crippen molar-refractivity contribution in [3.63, 3.8) is 0 Å². The van der Waals surface area contributed by atoms with Crippen LogP contribution in [0.5, 0.6) is 0 Å². The quantitative estimate of drug-likeness (QED) is 0.617. The third-order valence-electron chi connectivity index (χ3n) is 2.67. The summed E-state index contributed by atoms with van der Waals surface area (Å²) in [6, 6.07) is 0. The second kappa shape index (κ2) is 4.19. The largest absolute Gasteiger partial charge is 0.411 e. The summed E-state index contributed by atoms with van der Waals surface area (Å²) in [4.78, 5) is 4.18. The summed E-state index contributed by atoms with van der Waals surface area (Å²) < 4.78 is 0.924. The van der Waals surface area contributed by atoms with Crippen LogP contribution in [0.15, 0.2) is 15.1 Å². The van der Waals surface area contributed by atoms with Crippen LogP contribution in [0.1, 0.15) is 30.7 Å². The molecule has 1 aliphatic rings. The molecule has 0 amide bonds. The first-order valence-corrected chi connectivity index (χ1v) is 6.29. The normalized spacial score (nSPS) is 26.7. The number of thiazole rings is 1. The van der Waals surface area contributed by atoms with Gasteiger partial charge >= 0.3 is 0 Å². The first kappa shape index (κ1) is 11.0. The molecular weight excluding hydrogens is 280 g/mol. The number of hydrogen-bond acceptors (Lipinski definition) is 5. The Bertz CT molecular complexity index is 381. The SMILES string of the molecule is ON=C1CCC(O)(c2ncc(Br)s2)CC1. The monoisotopic (exact) mass is 290 g/mol. The lowest BCUT2D eigenvalue weighted by Gasteiger charge is -2.30.